The van der Waals surface area contributed by atoms with E-state index in [0.717, 1.165) is 35.2 Å². The van der Waals surface area contributed by atoms with Crippen LogP contribution in [0.3, 0.4) is 0 Å². The van der Waals surface area contributed by atoms with Gasteiger partial charge < -0.3 is 18.9 Å². The zero-order valence-corrected chi connectivity index (χ0v) is 25.3. The lowest BCUT2D eigenvalue weighted by atomic mass is 9.99. The molecule has 1 saturated heterocycles. The quantitative estimate of drug-likeness (QED) is 0.211. The highest BCUT2D eigenvalue weighted by Gasteiger charge is 2.55. The van der Waals surface area contributed by atoms with E-state index in [1.807, 2.05) is 0 Å². The minimum absolute atomic E-state index is 0.0133. The Labute approximate surface area is 262 Å². The van der Waals surface area contributed by atoms with Crippen molar-refractivity contribution < 1.29 is 45.1 Å². The number of hydrogen-bond donors (Lipinski definition) is 0. The van der Waals surface area contributed by atoms with Crippen LogP contribution in [-0.4, -0.2) is 46.5 Å². The van der Waals surface area contributed by atoms with E-state index in [1.165, 1.54) is 39.0 Å². The molecule has 1 aromatic heterocycles. The zero-order chi connectivity index (χ0) is 34.5. The number of ether oxygens (including phenoxy) is 2. The molecule has 0 saturated carbocycles. The monoisotopic (exact) mass is 666 g/mol. The highest BCUT2D eigenvalue weighted by Crippen LogP contribution is 2.44. The van der Waals surface area contributed by atoms with Crippen molar-refractivity contribution in [1.29, 1.82) is 0 Å². The van der Waals surface area contributed by atoms with Gasteiger partial charge in [0.1, 0.15) is 0 Å². The van der Waals surface area contributed by atoms with Gasteiger partial charge in [-0.1, -0.05) is 18.2 Å². The first-order chi connectivity index (χ1) is 22.0. The average molecular weight is 667 g/mol. The van der Waals surface area contributed by atoms with Gasteiger partial charge >= 0.3 is 29.8 Å². The van der Waals surface area contributed by atoms with Gasteiger partial charge in [0.2, 0.25) is 0 Å². The first-order valence-electron chi connectivity index (χ1n) is 14.0. The van der Waals surface area contributed by atoms with Gasteiger partial charge in [0.15, 0.2) is 17.7 Å². The summed E-state index contributed by atoms with van der Waals surface area (Å²) in [6.45, 7) is 3.03. The molecule has 1 fully saturated rings. The molecule has 0 N–H and O–H groups in total. The number of carbonyl (C=O) groups is 1. The minimum atomic E-state index is -4.79. The molecule has 47 heavy (non-hydrogen) atoms. The maximum atomic E-state index is 14.1. The van der Waals surface area contributed by atoms with E-state index >= 15 is 0 Å². The van der Waals surface area contributed by atoms with Gasteiger partial charge in [0.25, 0.3) is 0 Å². The van der Waals surface area contributed by atoms with Crippen molar-refractivity contribution >= 4 is 11.7 Å². The van der Waals surface area contributed by atoms with Gasteiger partial charge in [-0.25, -0.2) is 14.4 Å². The van der Waals surface area contributed by atoms with Crippen LogP contribution in [0.15, 0.2) is 80.8 Å². The summed E-state index contributed by atoms with van der Waals surface area (Å²) in [6.07, 6.45) is -10.9. The molecule has 0 spiro atoms. The molecule has 0 bridgehead atoms. The Morgan fingerprint density at radius 1 is 0.787 bits per heavy atom. The van der Waals surface area contributed by atoms with Gasteiger partial charge in [-0.2, -0.15) is 30.9 Å². The Morgan fingerprint density at radius 2 is 1.36 bits per heavy atom. The molecular formula is C31H28F6N4O6. The number of anilines is 1. The lowest BCUT2D eigenvalue weighted by Crippen LogP contribution is -2.47. The van der Waals surface area contributed by atoms with Crippen LogP contribution in [0.5, 0.6) is 11.5 Å². The lowest BCUT2D eigenvalue weighted by molar-refractivity contribution is -0.138. The van der Waals surface area contributed by atoms with Crippen molar-refractivity contribution in [2.24, 2.45) is 0 Å². The first-order valence-corrected chi connectivity index (χ1v) is 14.0. The number of amides is 2. The minimum Gasteiger partial charge on any atom is -0.493 e. The summed E-state index contributed by atoms with van der Waals surface area (Å²) in [5.74, 6) is -0.487. The van der Waals surface area contributed by atoms with E-state index in [0.29, 0.717) is 38.5 Å². The van der Waals surface area contributed by atoms with Gasteiger partial charge in [0, 0.05) is 12.2 Å². The highest BCUT2D eigenvalue weighted by molar-refractivity contribution is 5.95. The number of urea groups is 1. The summed E-state index contributed by atoms with van der Waals surface area (Å²) in [6, 6.07) is 11.5. The van der Waals surface area contributed by atoms with Crippen LogP contribution >= 0.6 is 0 Å². The van der Waals surface area contributed by atoms with E-state index in [-0.39, 0.29) is 18.7 Å². The molecule has 10 nitrogen and oxygen atoms in total. The first kappa shape index (κ1) is 33.2. The third kappa shape index (κ3) is 6.06. The summed E-state index contributed by atoms with van der Waals surface area (Å²) in [4.78, 5) is 43.1. The van der Waals surface area contributed by atoms with E-state index in [2.05, 4.69) is 0 Å². The van der Waals surface area contributed by atoms with Crippen LogP contribution in [-0.2, 0) is 18.8 Å². The standard InChI is InChI=1S/C31H28F6N4O6/c1-29(2)25(41-27(43)40(28(44)47-41)22-10-6-8-20(17-22)31(35,36)37)39(21-9-5-7-19(16-21)30(32,33)34)26(42)38(29)14-13-18-11-12-23(45-3)24(15-18)46-4/h5-12,15-17,25H,13-14H2,1-4H3/t25-/m0/s1. The SMILES string of the molecule is COc1ccc(CCN2C(=O)N(c3cccc(C(F)(F)F)c3)[C@@H](n3oc(=O)n(-c4cccc(C(F)(F)F)c4)c3=O)C2(C)C)cc1OC. The van der Waals surface area contributed by atoms with E-state index in [9.17, 15) is 40.7 Å². The Bertz CT molecular complexity index is 1930. The fourth-order valence-electron chi connectivity index (χ4n) is 5.61. The van der Waals surface area contributed by atoms with E-state index < -0.39 is 58.3 Å². The molecule has 4 aromatic rings. The van der Waals surface area contributed by atoms with Crippen LogP contribution in [0.2, 0.25) is 0 Å². The molecular weight excluding hydrogens is 638 g/mol. The molecule has 16 heteroatoms. The highest BCUT2D eigenvalue weighted by atomic mass is 19.4. The van der Waals surface area contributed by atoms with Crippen molar-refractivity contribution in [2.45, 2.75) is 44.3 Å². The lowest BCUT2D eigenvalue weighted by Gasteiger charge is -2.34. The third-order valence-corrected chi connectivity index (χ3v) is 7.93. The number of nitrogens with zero attached hydrogens (tertiary/aromatic N) is 4. The number of methoxy groups -OCH3 is 2. The second-order valence-corrected chi connectivity index (χ2v) is 11.2. The van der Waals surface area contributed by atoms with Crippen molar-refractivity contribution in [1.82, 2.24) is 14.2 Å². The smallest absolute Gasteiger partial charge is 0.447 e. The van der Waals surface area contributed by atoms with Crippen molar-refractivity contribution in [3.05, 3.63) is 104 Å². The molecule has 1 aliphatic rings. The van der Waals surface area contributed by atoms with Gasteiger partial charge in [0.05, 0.1) is 36.6 Å². The molecule has 2 amide bonds. The normalized spacial score (nSPS) is 16.6. The summed E-state index contributed by atoms with van der Waals surface area (Å²) in [7, 11) is 2.91. The maximum absolute atomic E-state index is 14.1. The van der Waals surface area contributed by atoms with Crippen molar-refractivity contribution in [3.63, 3.8) is 0 Å². The van der Waals surface area contributed by atoms with Crippen LogP contribution in [0, 0.1) is 0 Å². The molecule has 0 aliphatic carbocycles. The Hall–Kier alpha value is -5.15. The van der Waals surface area contributed by atoms with Crippen LogP contribution in [0.1, 0.15) is 36.7 Å². The summed E-state index contributed by atoms with van der Waals surface area (Å²) in [5, 5.41) is 0. The molecule has 1 atom stereocenters. The number of alkyl halides is 6. The van der Waals surface area contributed by atoms with E-state index in [1.54, 1.807) is 18.2 Å². The Kier molecular flexibility index (Phi) is 8.41. The molecule has 1 aliphatic heterocycles. The van der Waals surface area contributed by atoms with Gasteiger partial charge in [-0.05, 0) is 74.4 Å². The van der Waals surface area contributed by atoms with Gasteiger partial charge in [-0.15, -0.1) is 4.74 Å². The van der Waals surface area contributed by atoms with Crippen molar-refractivity contribution in [3.8, 4) is 17.2 Å². The molecule has 3 aromatic carbocycles. The van der Waals surface area contributed by atoms with Crippen LogP contribution < -0.4 is 25.8 Å². The summed E-state index contributed by atoms with van der Waals surface area (Å²) in [5.41, 5.74) is -4.94. The average Bonchev–Trinajstić information content (AvgIpc) is 3.41. The molecule has 250 valence electrons. The van der Waals surface area contributed by atoms with Crippen LogP contribution in [0.4, 0.5) is 36.8 Å². The molecule has 5 rings (SSSR count). The molecule has 0 radical (unpaired) electrons. The number of carbonyl (C=O) groups excluding carboxylic acids is 1. The number of halogens is 6. The predicted octanol–water partition coefficient (Wildman–Crippen LogP) is 6.11. The van der Waals surface area contributed by atoms with Crippen LogP contribution in [0.25, 0.3) is 5.69 Å². The van der Waals surface area contributed by atoms with Gasteiger partial charge in [-0.3, -0.25) is 4.90 Å². The molecule has 0 unspecified atom stereocenters. The number of aromatic nitrogens is 2. The maximum Gasteiger partial charge on any atom is 0.447 e. The number of benzene rings is 3. The zero-order valence-electron chi connectivity index (χ0n) is 25.3. The Balaban J connectivity index is 1.63. The second-order valence-electron chi connectivity index (χ2n) is 11.2. The predicted molar refractivity (Wildman–Crippen MR) is 156 cm³/mol. The second kappa shape index (κ2) is 11.9. The molecule has 2 heterocycles. The third-order valence-electron chi connectivity index (χ3n) is 7.93. The topological polar surface area (TPSA) is 99.1 Å². The fourth-order valence-corrected chi connectivity index (χ4v) is 5.61. The largest absolute Gasteiger partial charge is 0.493 e. The summed E-state index contributed by atoms with van der Waals surface area (Å²) >= 11 is 0. The number of hydrogen-bond acceptors (Lipinski definition) is 6. The van der Waals surface area contributed by atoms with E-state index in [4.69, 9.17) is 14.0 Å². The summed E-state index contributed by atoms with van der Waals surface area (Å²) < 4.78 is 98.1. The Morgan fingerprint density at radius 3 is 1.94 bits per heavy atom. The fraction of sp³-hybridized carbons (Fsp3) is 0.323. The number of rotatable bonds is 8. The van der Waals surface area contributed by atoms with Crippen molar-refractivity contribution in [2.75, 3.05) is 25.7 Å².